The number of carbonyl (C=O) groups excluding carboxylic acids is 1. The zero-order valence-corrected chi connectivity index (χ0v) is 28.5. The van der Waals surface area contributed by atoms with Gasteiger partial charge in [0.05, 0.1) is 24.7 Å². The fourth-order valence-corrected chi connectivity index (χ4v) is 5.47. The lowest BCUT2D eigenvalue weighted by molar-refractivity contribution is 0.102. The average molecular weight is 642 g/mol. The first kappa shape index (κ1) is 35.5. The van der Waals surface area contributed by atoms with E-state index in [2.05, 4.69) is 45.6 Å². The number of amides is 1. The average Bonchev–Trinajstić information content (AvgIpc) is 2.97. The van der Waals surface area contributed by atoms with Crippen molar-refractivity contribution in [2.75, 3.05) is 37.5 Å². The van der Waals surface area contributed by atoms with Gasteiger partial charge in [0.1, 0.15) is 5.75 Å². The number of hydrogen-bond donors (Lipinski definition) is 2. The first-order valence-corrected chi connectivity index (χ1v) is 16.9. The number of ether oxygens (including phenoxy) is 2. The summed E-state index contributed by atoms with van der Waals surface area (Å²) in [7, 11) is 2.20. The van der Waals surface area contributed by atoms with E-state index in [9.17, 15) is 13.2 Å². The number of aromatic nitrogens is 2. The maximum atomic E-state index is 13.3. The summed E-state index contributed by atoms with van der Waals surface area (Å²) in [5, 5.41) is 2.85. The number of aryl methyl sites for hydroxylation is 1. The second-order valence-electron chi connectivity index (χ2n) is 12.5. The Hall–Kier alpha value is -3.96. The Balaban J connectivity index is 0.000000867. The normalized spacial score (nSPS) is 13.8. The van der Waals surface area contributed by atoms with E-state index in [1.165, 1.54) is 45.3 Å². The first-order chi connectivity index (χ1) is 21.1. The van der Waals surface area contributed by atoms with Crippen molar-refractivity contribution in [1.82, 2.24) is 14.9 Å². The summed E-state index contributed by atoms with van der Waals surface area (Å²) in [5.74, 6) is 0.957. The first-order valence-electron chi connectivity index (χ1n) is 15.0. The van der Waals surface area contributed by atoms with Crippen LogP contribution in [-0.4, -0.2) is 62.7 Å². The van der Waals surface area contributed by atoms with Crippen LogP contribution < -0.4 is 19.5 Å². The van der Waals surface area contributed by atoms with Crippen LogP contribution in [-0.2, 0) is 15.4 Å². The molecule has 3 aromatic rings. The van der Waals surface area contributed by atoms with Gasteiger partial charge in [-0.1, -0.05) is 52.7 Å². The van der Waals surface area contributed by atoms with Crippen LogP contribution in [0.4, 0.5) is 11.4 Å². The predicted molar refractivity (Wildman–Crippen MR) is 186 cm³/mol. The van der Waals surface area contributed by atoms with Crippen LogP contribution in [0, 0.1) is 6.92 Å². The molecule has 2 N–H and O–H groups in total. The zero-order valence-electron chi connectivity index (χ0n) is 27.7. The molecule has 2 aromatic carbocycles. The Morgan fingerprint density at radius 1 is 1.09 bits per heavy atom. The van der Waals surface area contributed by atoms with Crippen molar-refractivity contribution in [1.29, 1.82) is 0 Å². The molecule has 248 valence electrons. The maximum Gasteiger partial charge on any atom is 0.255 e. The Morgan fingerprint density at radius 3 is 2.31 bits per heavy atom. The highest BCUT2D eigenvalue weighted by Crippen LogP contribution is 2.39. The number of nitrogens with zero attached hydrogens (tertiary/aromatic N) is 3. The van der Waals surface area contributed by atoms with Crippen LogP contribution in [0.2, 0.25) is 0 Å². The number of sulfonamides is 1. The van der Waals surface area contributed by atoms with Gasteiger partial charge < -0.3 is 19.7 Å². The lowest BCUT2D eigenvalue weighted by Gasteiger charge is -2.27. The van der Waals surface area contributed by atoms with Crippen molar-refractivity contribution in [2.45, 2.75) is 71.3 Å². The van der Waals surface area contributed by atoms with Crippen LogP contribution in [0.3, 0.4) is 0 Å². The van der Waals surface area contributed by atoms with Gasteiger partial charge >= 0.3 is 0 Å². The van der Waals surface area contributed by atoms with Crippen LogP contribution in [0.25, 0.3) is 6.08 Å². The van der Waals surface area contributed by atoms with Gasteiger partial charge in [-0.3, -0.25) is 9.52 Å². The Morgan fingerprint density at radius 2 is 1.76 bits per heavy atom. The quantitative estimate of drug-likeness (QED) is 0.246. The van der Waals surface area contributed by atoms with E-state index in [0.29, 0.717) is 28.7 Å². The molecule has 0 aliphatic heterocycles. The fraction of sp³-hybridized carbons (Fsp3) is 0.441. The smallest absolute Gasteiger partial charge is 0.255 e. The third kappa shape index (κ3) is 10.6. The van der Waals surface area contributed by atoms with Crippen molar-refractivity contribution in [2.24, 2.45) is 0 Å². The van der Waals surface area contributed by atoms with E-state index in [1.54, 1.807) is 42.6 Å². The molecule has 1 saturated carbocycles. The number of rotatable bonds is 9. The third-order valence-corrected chi connectivity index (χ3v) is 8.09. The summed E-state index contributed by atoms with van der Waals surface area (Å²) in [6.07, 6.45) is 11.3. The van der Waals surface area contributed by atoms with E-state index in [-0.39, 0.29) is 19.7 Å². The molecule has 1 aliphatic carbocycles. The van der Waals surface area contributed by atoms with E-state index in [0.717, 1.165) is 23.4 Å². The monoisotopic (exact) mass is 641 g/mol. The van der Waals surface area contributed by atoms with Gasteiger partial charge in [0.2, 0.25) is 15.9 Å². The van der Waals surface area contributed by atoms with Crippen LogP contribution >= 0.6 is 0 Å². The Bertz CT molecular complexity index is 1600. The molecule has 1 amide bonds. The van der Waals surface area contributed by atoms with E-state index < -0.39 is 15.9 Å². The molecular weight excluding hydrogens is 590 g/mol. The molecule has 1 aliphatic rings. The maximum absolute atomic E-state index is 13.3. The number of anilines is 2. The molecule has 0 unspecified atom stereocenters. The lowest BCUT2D eigenvalue weighted by atomic mass is 9.86. The third-order valence-electron chi connectivity index (χ3n) is 7.50. The second-order valence-corrected chi connectivity index (χ2v) is 14.2. The van der Waals surface area contributed by atoms with Crippen molar-refractivity contribution in [3.8, 4) is 17.4 Å². The number of carbonyl (C=O) groups is 1. The lowest BCUT2D eigenvalue weighted by Crippen LogP contribution is -2.29. The number of nitrogens with one attached hydrogen (secondary N) is 2. The minimum absolute atomic E-state index is 0. The van der Waals surface area contributed by atoms with Gasteiger partial charge in [-0.05, 0) is 80.7 Å². The minimum atomic E-state index is -3.59. The van der Waals surface area contributed by atoms with E-state index in [4.69, 9.17) is 9.47 Å². The summed E-state index contributed by atoms with van der Waals surface area (Å²) >= 11 is 0. The van der Waals surface area contributed by atoms with E-state index in [1.807, 2.05) is 27.7 Å². The molecular formula is C34H51N5O5S. The molecule has 0 radical (unpaired) electrons. The molecule has 11 heteroatoms. The highest BCUT2D eigenvalue weighted by molar-refractivity contribution is 7.92. The molecule has 0 spiro atoms. The van der Waals surface area contributed by atoms with Crippen molar-refractivity contribution >= 4 is 33.4 Å². The highest BCUT2D eigenvalue weighted by Gasteiger charge is 2.23. The molecule has 45 heavy (non-hydrogen) atoms. The Labute approximate surface area is 271 Å². The topological polar surface area (TPSA) is 123 Å². The second kappa shape index (κ2) is 15.4. The summed E-state index contributed by atoms with van der Waals surface area (Å²) in [5.41, 5.74) is 2.17. The number of hydrogen-bond acceptors (Lipinski definition) is 8. The van der Waals surface area contributed by atoms with E-state index >= 15 is 0 Å². The van der Waals surface area contributed by atoms with Crippen LogP contribution in [0.1, 0.15) is 83.0 Å². The molecule has 0 saturated heterocycles. The summed E-state index contributed by atoms with van der Waals surface area (Å²) in [6.45, 7) is 11.5. The van der Waals surface area contributed by atoms with Crippen molar-refractivity contribution in [3.63, 3.8) is 0 Å². The van der Waals surface area contributed by atoms with Gasteiger partial charge in [0.25, 0.3) is 5.91 Å². The van der Waals surface area contributed by atoms with Crippen LogP contribution in [0.15, 0.2) is 49.2 Å². The SMILES string of the molecule is C=Cc1nccc(Oc2cc(C(=O)Nc3cc(C(C)(C)C)cc(NS(C)(=O)=O)c3OC)ccc2C)n1.CN(C)C1CCCCC1.[HH].[HH]. The van der Waals surface area contributed by atoms with Crippen molar-refractivity contribution < 1.29 is 25.5 Å². The predicted octanol–water partition coefficient (Wildman–Crippen LogP) is 7.52. The standard InChI is InChI=1S/C26H30N4O5S.C8H17N.2H2/c1-8-22-27-12-11-23(29-22)35-21-13-17(10-9-16(21)2)25(31)28-19-14-18(26(3,4)5)15-20(24(19)34-6)30-36(7,32)33;1-9(2)8-6-4-3-5-7-8;;/h8-15,30H,1H2,2-7H3,(H,28,31);8H,3-7H2,1-2H3;2*1H. The van der Waals surface area contributed by atoms with Gasteiger partial charge in [-0.15, -0.1) is 0 Å². The van der Waals surface area contributed by atoms with Gasteiger partial charge in [-0.2, -0.15) is 4.98 Å². The Kier molecular flexibility index (Phi) is 12.1. The molecule has 1 heterocycles. The van der Waals surface area contributed by atoms with Gasteiger partial charge in [0, 0.05) is 26.7 Å². The highest BCUT2D eigenvalue weighted by atomic mass is 32.2. The molecule has 1 fully saturated rings. The van der Waals surface area contributed by atoms with Gasteiger partial charge in [-0.25, -0.2) is 13.4 Å². The molecule has 0 atom stereocenters. The molecule has 4 rings (SSSR count). The zero-order chi connectivity index (χ0) is 33.4. The number of benzene rings is 2. The molecule has 0 bridgehead atoms. The largest absolute Gasteiger partial charge is 0.492 e. The van der Waals surface area contributed by atoms with Gasteiger partial charge in [0.15, 0.2) is 11.6 Å². The van der Waals surface area contributed by atoms with Crippen molar-refractivity contribution in [3.05, 3.63) is 71.7 Å². The fourth-order valence-electron chi connectivity index (χ4n) is 4.92. The summed E-state index contributed by atoms with van der Waals surface area (Å²) < 4.78 is 37.8. The minimum Gasteiger partial charge on any atom is -0.492 e. The molecule has 10 nitrogen and oxygen atoms in total. The summed E-state index contributed by atoms with van der Waals surface area (Å²) in [6, 6.07) is 11.0. The number of methoxy groups -OCH3 is 1. The summed E-state index contributed by atoms with van der Waals surface area (Å²) in [4.78, 5) is 23.9. The van der Waals surface area contributed by atoms with Crippen LogP contribution in [0.5, 0.6) is 17.4 Å². The molecule has 1 aromatic heterocycles.